The number of aldehydes is 1. The van der Waals surface area contributed by atoms with Crippen molar-refractivity contribution >= 4 is 41.3 Å². The summed E-state index contributed by atoms with van der Waals surface area (Å²) in [6, 6.07) is 25.7. The zero-order chi connectivity index (χ0) is 29.5. The highest BCUT2D eigenvalue weighted by Gasteiger charge is 2.25. The van der Waals surface area contributed by atoms with Gasteiger partial charge in [-0.3, -0.25) is 29.0 Å². The van der Waals surface area contributed by atoms with Gasteiger partial charge in [0.15, 0.2) is 0 Å². The fourth-order valence-corrected chi connectivity index (χ4v) is 4.17. The van der Waals surface area contributed by atoms with E-state index in [-0.39, 0.29) is 43.4 Å². The molecule has 3 rings (SSSR count). The predicted molar refractivity (Wildman–Crippen MR) is 158 cm³/mol. The van der Waals surface area contributed by atoms with Gasteiger partial charge < -0.3 is 15.4 Å². The first-order valence-corrected chi connectivity index (χ1v) is 13.3. The summed E-state index contributed by atoms with van der Waals surface area (Å²) in [7, 11) is 0. The van der Waals surface area contributed by atoms with E-state index in [4.69, 9.17) is 0 Å². The van der Waals surface area contributed by atoms with Crippen LogP contribution in [0.25, 0.3) is 0 Å². The maximum absolute atomic E-state index is 13.4. The van der Waals surface area contributed by atoms with E-state index in [1.165, 1.54) is 16.0 Å². The summed E-state index contributed by atoms with van der Waals surface area (Å²) >= 11 is 0. The van der Waals surface area contributed by atoms with Crippen LogP contribution < -0.4 is 20.4 Å². The molecular formula is C32H34N4O5. The Labute approximate surface area is 239 Å². The molecule has 0 aromatic heterocycles. The highest BCUT2D eigenvalue weighted by molar-refractivity contribution is 6.06. The summed E-state index contributed by atoms with van der Waals surface area (Å²) in [6.07, 6.45) is 3.31. The minimum Gasteiger partial charge on any atom is -0.348 e. The first kappa shape index (κ1) is 30.5. The van der Waals surface area contributed by atoms with E-state index in [9.17, 15) is 24.0 Å². The van der Waals surface area contributed by atoms with Crippen molar-refractivity contribution in [2.45, 2.75) is 25.7 Å². The molecule has 0 atom stereocenters. The summed E-state index contributed by atoms with van der Waals surface area (Å²) in [5.74, 6) is -1.70. The topological polar surface area (TPSA) is 116 Å². The zero-order valence-electron chi connectivity index (χ0n) is 22.8. The lowest BCUT2D eigenvalue weighted by atomic mass is 10.1. The third-order valence-electron chi connectivity index (χ3n) is 6.26. The van der Waals surface area contributed by atoms with Crippen molar-refractivity contribution in [1.29, 1.82) is 0 Å². The highest BCUT2D eigenvalue weighted by Crippen LogP contribution is 2.30. The second kappa shape index (κ2) is 16.1. The maximum atomic E-state index is 13.4. The molecular weight excluding hydrogens is 520 g/mol. The molecule has 0 fully saturated rings. The second-order valence-corrected chi connectivity index (χ2v) is 9.13. The van der Waals surface area contributed by atoms with Crippen LogP contribution in [-0.2, 0) is 36.8 Å². The van der Waals surface area contributed by atoms with Crippen molar-refractivity contribution < 1.29 is 24.0 Å². The van der Waals surface area contributed by atoms with Gasteiger partial charge in [-0.15, -0.1) is 0 Å². The standard InChI is InChI=1S/C32H34N4O5/c1-2-35(31(40)20-18-26-13-7-4-8-14-26)27-15-9-10-16-28(27)36(24-30(39)33-21-22-37)32(41)23-34-29(38)19-17-25-11-5-3-6-12-25/h2-16,22H,1,17-21,23-24H2,(H,33,39)(H,34,38). The molecule has 0 spiro atoms. The molecule has 0 saturated carbocycles. The Morgan fingerprint density at radius 2 is 1.24 bits per heavy atom. The van der Waals surface area contributed by atoms with Gasteiger partial charge in [-0.05, 0) is 36.1 Å². The number of anilines is 2. The van der Waals surface area contributed by atoms with Crippen molar-refractivity contribution in [2.24, 2.45) is 0 Å². The molecule has 0 unspecified atom stereocenters. The van der Waals surface area contributed by atoms with Gasteiger partial charge in [0.05, 0.1) is 24.5 Å². The van der Waals surface area contributed by atoms with Gasteiger partial charge in [0, 0.05) is 19.0 Å². The molecule has 0 radical (unpaired) electrons. The normalized spacial score (nSPS) is 10.2. The number of rotatable bonds is 15. The van der Waals surface area contributed by atoms with E-state index in [2.05, 4.69) is 17.2 Å². The molecule has 0 aliphatic rings. The van der Waals surface area contributed by atoms with Gasteiger partial charge in [-0.25, -0.2) is 0 Å². The average Bonchev–Trinajstić information content (AvgIpc) is 3.01. The van der Waals surface area contributed by atoms with Crippen molar-refractivity contribution in [3.8, 4) is 0 Å². The number of carbonyl (C=O) groups is 5. The average molecular weight is 555 g/mol. The largest absolute Gasteiger partial charge is 0.348 e. The maximum Gasteiger partial charge on any atom is 0.246 e. The van der Waals surface area contributed by atoms with E-state index in [0.29, 0.717) is 24.8 Å². The first-order valence-electron chi connectivity index (χ1n) is 13.3. The molecule has 4 amide bonds. The summed E-state index contributed by atoms with van der Waals surface area (Å²) in [5, 5.41) is 5.05. The Morgan fingerprint density at radius 1 is 0.683 bits per heavy atom. The minimum atomic E-state index is -0.573. The number of carbonyl (C=O) groups excluding carboxylic acids is 5. The molecule has 0 heterocycles. The number of para-hydroxylation sites is 2. The number of hydrogen-bond donors (Lipinski definition) is 2. The molecule has 212 valence electrons. The van der Waals surface area contributed by atoms with Crippen LogP contribution in [0.5, 0.6) is 0 Å². The number of aryl methyl sites for hydroxylation is 2. The van der Waals surface area contributed by atoms with E-state index >= 15 is 0 Å². The van der Waals surface area contributed by atoms with Crippen LogP contribution in [0.1, 0.15) is 24.0 Å². The van der Waals surface area contributed by atoms with Gasteiger partial charge in [0.25, 0.3) is 0 Å². The lowest BCUT2D eigenvalue weighted by Gasteiger charge is -2.28. The Balaban J connectivity index is 1.77. The van der Waals surface area contributed by atoms with Crippen LogP contribution in [0.2, 0.25) is 0 Å². The van der Waals surface area contributed by atoms with Gasteiger partial charge >= 0.3 is 0 Å². The number of nitrogens with one attached hydrogen (secondary N) is 2. The molecule has 0 aliphatic carbocycles. The number of nitrogens with zero attached hydrogens (tertiary/aromatic N) is 2. The third kappa shape index (κ3) is 9.58. The van der Waals surface area contributed by atoms with E-state index < -0.39 is 18.4 Å². The summed E-state index contributed by atoms with van der Waals surface area (Å²) < 4.78 is 0. The molecule has 2 N–H and O–H groups in total. The quantitative estimate of drug-likeness (QED) is 0.280. The van der Waals surface area contributed by atoms with Crippen LogP contribution in [0.4, 0.5) is 11.4 Å². The van der Waals surface area contributed by atoms with Crippen molar-refractivity contribution in [2.75, 3.05) is 29.4 Å². The smallest absolute Gasteiger partial charge is 0.246 e. The Morgan fingerprint density at radius 3 is 1.83 bits per heavy atom. The van der Waals surface area contributed by atoms with Crippen LogP contribution in [0, 0.1) is 0 Å². The van der Waals surface area contributed by atoms with E-state index in [0.717, 1.165) is 11.1 Å². The van der Waals surface area contributed by atoms with Gasteiger partial charge in [0.2, 0.25) is 23.6 Å². The van der Waals surface area contributed by atoms with Gasteiger partial charge in [-0.1, -0.05) is 79.4 Å². The predicted octanol–water partition coefficient (Wildman–Crippen LogP) is 3.19. The molecule has 9 nitrogen and oxygen atoms in total. The summed E-state index contributed by atoms with van der Waals surface area (Å²) in [4.78, 5) is 65.0. The lowest BCUT2D eigenvalue weighted by Crippen LogP contribution is -2.46. The monoisotopic (exact) mass is 554 g/mol. The fraction of sp³-hybridized carbons (Fsp3) is 0.219. The number of hydrogen-bond acceptors (Lipinski definition) is 5. The Kier molecular flexibility index (Phi) is 12.0. The van der Waals surface area contributed by atoms with Crippen molar-refractivity contribution in [1.82, 2.24) is 10.6 Å². The molecule has 0 aliphatic heterocycles. The fourth-order valence-electron chi connectivity index (χ4n) is 4.17. The second-order valence-electron chi connectivity index (χ2n) is 9.13. The minimum absolute atomic E-state index is 0.188. The Bertz CT molecular complexity index is 1340. The molecule has 3 aromatic rings. The molecule has 41 heavy (non-hydrogen) atoms. The third-order valence-corrected chi connectivity index (χ3v) is 6.26. The van der Waals surface area contributed by atoms with E-state index in [1.807, 2.05) is 60.7 Å². The molecule has 0 bridgehead atoms. The molecule has 3 aromatic carbocycles. The Hall–Kier alpha value is -5.05. The lowest BCUT2D eigenvalue weighted by molar-refractivity contribution is -0.126. The summed E-state index contributed by atoms with van der Waals surface area (Å²) in [5.41, 5.74) is 2.64. The number of amides is 4. The van der Waals surface area contributed by atoms with Crippen LogP contribution >= 0.6 is 0 Å². The van der Waals surface area contributed by atoms with Crippen LogP contribution in [-0.4, -0.2) is 49.5 Å². The molecule has 9 heteroatoms. The van der Waals surface area contributed by atoms with Crippen molar-refractivity contribution in [3.05, 3.63) is 109 Å². The first-order chi connectivity index (χ1) is 19.9. The highest BCUT2D eigenvalue weighted by atomic mass is 16.2. The zero-order valence-corrected chi connectivity index (χ0v) is 22.8. The van der Waals surface area contributed by atoms with E-state index in [1.54, 1.807) is 24.3 Å². The van der Waals surface area contributed by atoms with Crippen LogP contribution in [0.3, 0.4) is 0 Å². The number of benzene rings is 3. The SMILES string of the molecule is C=CN(C(=O)CCc1ccccc1)c1ccccc1N(CC(=O)NCC=O)C(=O)CNC(=O)CCc1ccccc1. The molecule has 0 saturated heterocycles. The van der Waals surface area contributed by atoms with Gasteiger partial charge in [0.1, 0.15) is 12.8 Å². The summed E-state index contributed by atoms with van der Waals surface area (Å²) in [6.45, 7) is 2.79. The van der Waals surface area contributed by atoms with Gasteiger partial charge in [-0.2, -0.15) is 0 Å². The van der Waals surface area contributed by atoms with Crippen LogP contribution in [0.15, 0.2) is 97.7 Å². The van der Waals surface area contributed by atoms with Crippen molar-refractivity contribution in [3.63, 3.8) is 0 Å².